The van der Waals surface area contributed by atoms with Gasteiger partial charge in [-0.15, -0.1) is 0 Å². The average molecular weight is 152 g/mol. The standard InChI is InChI=1S/C9H16N2/c1-5-6-10-9(4)11-7-8(2)3/h5-6,8H,1,7H2,2-4H3. The lowest BCUT2D eigenvalue weighted by molar-refractivity contribution is 0.665. The zero-order valence-electron chi connectivity index (χ0n) is 7.54. The van der Waals surface area contributed by atoms with Crippen molar-refractivity contribution >= 4 is 12.1 Å². The Kier molecular flexibility index (Phi) is 5.35. The molecule has 0 aromatic carbocycles. The zero-order valence-corrected chi connectivity index (χ0v) is 7.54. The van der Waals surface area contributed by atoms with Gasteiger partial charge < -0.3 is 0 Å². The Balaban J connectivity index is 3.80. The summed E-state index contributed by atoms with van der Waals surface area (Å²) in [6, 6.07) is 0. The summed E-state index contributed by atoms with van der Waals surface area (Å²) in [7, 11) is 0. The lowest BCUT2D eigenvalue weighted by Crippen LogP contribution is -1.95. The molecule has 0 saturated heterocycles. The second-order valence-electron chi connectivity index (χ2n) is 2.80. The first-order valence-electron chi connectivity index (χ1n) is 3.83. The van der Waals surface area contributed by atoms with Crippen LogP contribution in [0, 0.1) is 5.92 Å². The third-order valence-electron chi connectivity index (χ3n) is 1.05. The second kappa shape index (κ2) is 5.83. The van der Waals surface area contributed by atoms with Gasteiger partial charge in [0.05, 0.1) is 0 Å². The molecule has 0 spiro atoms. The summed E-state index contributed by atoms with van der Waals surface area (Å²) in [5.74, 6) is 1.42. The van der Waals surface area contributed by atoms with E-state index in [1.54, 1.807) is 12.3 Å². The van der Waals surface area contributed by atoms with Crippen molar-refractivity contribution in [2.75, 3.05) is 6.54 Å². The van der Waals surface area contributed by atoms with E-state index < -0.39 is 0 Å². The van der Waals surface area contributed by atoms with Crippen LogP contribution in [0.5, 0.6) is 0 Å². The van der Waals surface area contributed by atoms with Gasteiger partial charge in [-0.1, -0.05) is 26.5 Å². The van der Waals surface area contributed by atoms with E-state index in [-0.39, 0.29) is 0 Å². The van der Waals surface area contributed by atoms with Crippen molar-refractivity contribution in [3.63, 3.8) is 0 Å². The highest BCUT2D eigenvalue weighted by molar-refractivity contribution is 5.90. The fourth-order valence-electron chi connectivity index (χ4n) is 0.516. The predicted molar refractivity (Wildman–Crippen MR) is 51.5 cm³/mol. The smallest absolute Gasteiger partial charge is 0.120 e. The monoisotopic (exact) mass is 152 g/mol. The van der Waals surface area contributed by atoms with Crippen LogP contribution in [0.3, 0.4) is 0 Å². The van der Waals surface area contributed by atoms with E-state index in [0.717, 1.165) is 12.4 Å². The average Bonchev–Trinajstić information content (AvgIpc) is 1.97. The van der Waals surface area contributed by atoms with Crippen molar-refractivity contribution < 1.29 is 0 Å². The number of hydrogen-bond donors (Lipinski definition) is 0. The zero-order chi connectivity index (χ0) is 8.69. The number of allylic oxidation sites excluding steroid dienone is 1. The van der Waals surface area contributed by atoms with Crippen LogP contribution >= 0.6 is 0 Å². The van der Waals surface area contributed by atoms with Gasteiger partial charge in [-0.2, -0.15) is 0 Å². The molecule has 2 heteroatoms. The van der Waals surface area contributed by atoms with E-state index in [1.165, 1.54) is 0 Å². The number of amidine groups is 1. The highest BCUT2D eigenvalue weighted by Crippen LogP contribution is 1.92. The number of hydrogen-bond acceptors (Lipinski definition) is 1. The third-order valence-corrected chi connectivity index (χ3v) is 1.05. The van der Waals surface area contributed by atoms with Crippen molar-refractivity contribution in [2.24, 2.45) is 15.9 Å². The van der Waals surface area contributed by atoms with E-state index >= 15 is 0 Å². The van der Waals surface area contributed by atoms with E-state index in [2.05, 4.69) is 30.4 Å². The SMILES string of the molecule is C=CC=NC(C)=NCC(C)C. The predicted octanol–water partition coefficient (Wildman–Crippen LogP) is 2.32. The summed E-state index contributed by atoms with van der Waals surface area (Å²) in [5, 5.41) is 0. The van der Waals surface area contributed by atoms with Crippen molar-refractivity contribution in [3.05, 3.63) is 12.7 Å². The van der Waals surface area contributed by atoms with E-state index in [9.17, 15) is 0 Å². The maximum atomic E-state index is 4.23. The Morgan fingerprint density at radius 2 is 2.18 bits per heavy atom. The summed E-state index contributed by atoms with van der Waals surface area (Å²) < 4.78 is 0. The molecule has 0 aliphatic carbocycles. The summed E-state index contributed by atoms with van der Waals surface area (Å²) in [6.07, 6.45) is 3.30. The van der Waals surface area contributed by atoms with Crippen LogP contribution in [0.2, 0.25) is 0 Å². The van der Waals surface area contributed by atoms with Gasteiger partial charge in [-0.3, -0.25) is 4.99 Å². The molecule has 0 bridgehead atoms. The Bertz CT molecular complexity index is 166. The normalized spacial score (nSPS) is 12.9. The Labute approximate surface area is 68.8 Å². The Morgan fingerprint density at radius 1 is 1.55 bits per heavy atom. The van der Waals surface area contributed by atoms with Crippen LogP contribution in [0.4, 0.5) is 0 Å². The van der Waals surface area contributed by atoms with Crippen LogP contribution in [0.1, 0.15) is 20.8 Å². The molecule has 0 aliphatic rings. The third kappa shape index (κ3) is 6.97. The molecule has 0 atom stereocenters. The maximum absolute atomic E-state index is 4.23. The van der Waals surface area contributed by atoms with Gasteiger partial charge in [0, 0.05) is 12.8 Å². The van der Waals surface area contributed by atoms with Crippen molar-refractivity contribution in [1.82, 2.24) is 0 Å². The maximum Gasteiger partial charge on any atom is 0.120 e. The van der Waals surface area contributed by atoms with Gasteiger partial charge in [0.2, 0.25) is 0 Å². The highest BCUT2D eigenvalue weighted by Gasteiger charge is 1.89. The minimum atomic E-state index is 0.601. The number of aliphatic imine (C=N–C) groups is 2. The molecule has 0 amide bonds. The van der Waals surface area contributed by atoms with Gasteiger partial charge >= 0.3 is 0 Å². The van der Waals surface area contributed by atoms with Gasteiger partial charge in [-0.05, 0) is 12.8 Å². The summed E-state index contributed by atoms with van der Waals surface area (Å²) in [6.45, 7) is 10.5. The number of nitrogens with zero attached hydrogens (tertiary/aromatic N) is 2. The molecule has 0 aromatic rings. The van der Waals surface area contributed by atoms with Crippen LogP contribution in [0.15, 0.2) is 22.6 Å². The first-order valence-corrected chi connectivity index (χ1v) is 3.83. The van der Waals surface area contributed by atoms with Crippen LogP contribution < -0.4 is 0 Å². The molecular formula is C9H16N2. The minimum Gasteiger partial charge on any atom is -0.271 e. The van der Waals surface area contributed by atoms with Crippen LogP contribution in [-0.2, 0) is 0 Å². The topological polar surface area (TPSA) is 24.7 Å². The van der Waals surface area contributed by atoms with Gasteiger partial charge in [0.25, 0.3) is 0 Å². The Hall–Kier alpha value is -0.920. The summed E-state index contributed by atoms with van der Waals surface area (Å²) in [4.78, 5) is 8.25. The molecular weight excluding hydrogens is 136 g/mol. The van der Waals surface area contributed by atoms with Crippen LogP contribution in [-0.4, -0.2) is 18.6 Å². The molecule has 62 valence electrons. The lowest BCUT2D eigenvalue weighted by atomic mass is 10.2. The Morgan fingerprint density at radius 3 is 2.64 bits per heavy atom. The molecule has 0 rings (SSSR count). The second-order valence-corrected chi connectivity index (χ2v) is 2.80. The largest absolute Gasteiger partial charge is 0.271 e. The van der Waals surface area contributed by atoms with E-state index in [4.69, 9.17) is 0 Å². The van der Waals surface area contributed by atoms with Crippen molar-refractivity contribution in [2.45, 2.75) is 20.8 Å². The van der Waals surface area contributed by atoms with Gasteiger partial charge in [0.15, 0.2) is 0 Å². The number of rotatable bonds is 3. The van der Waals surface area contributed by atoms with Crippen molar-refractivity contribution in [3.8, 4) is 0 Å². The van der Waals surface area contributed by atoms with Gasteiger partial charge in [-0.25, -0.2) is 4.99 Å². The molecule has 0 unspecified atom stereocenters. The molecule has 0 aliphatic heterocycles. The molecule has 0 heterocycles. The van der Waals surface area contributed by atoms with Gasteiger partial charge in [0.1, 0.15) is 5.84 Å². The molecule has 0 aromatic heterocycles. The minimum absolute atomic E-state index is 0.601. The quantitative estimate of drug-likeness (QED) is 0.438. The lowest BCUT2D eigenvalue weighted by Gasteiger charge is -1.97. The fourth-order valence-corrected chi connectivity index (χ4v) is 0.516. The van der Waals surface area contributed by atoms with Crippen molar-refractivity contribution in [1.29, 1.82) is 0 Å². The molecule has 0 N–H and O–H groups in total. The molecule has 2 nitrogen and oxygen atoms in total. The summed E-state index contributed by atoms with van der Waals surface area (Å²) in [5.41, 5.74) is 0. The first-order chi connectivity index (χ1) is 5.16. The summed E-state index contributed by atoms with van der Waals surface area (Å²) >= 11 is 0. The molecule has 0 fully saturated rings. The fraction of sp³-hybridized carbons (Fsp3) is 0.556. The van der Waals surface area contributed by atoms with E-state index in [0.29, 0.717) is 5.92 Å². The van der Waals surface area contributed by atoms with E-state index in [1.807, 2.05) is 6.92 Å². The highest BCUT2D eigenvalue weighted by atomic mass is 14.9. The molecule has 11 heavy (non-hydrogen) atoms. The van der Waals surface area contributed by atoms with Crippen LogP contribution in [0.25, 0.3) is 0 Å². The molecule has 0 saturated carbocycles. The molecule has 0 radical (unpaired) electrons. The first kappa shape index (κ1) is 10.1.